The summed E-state index contributed by atoms with van der Waals surface area (Å²) >= 11 is 5.07. The molecule has 0 saturated carbocycles. The predicted molar refractivity (Wildman–Crippen MR) is 104 cm³/mol. The normalized spacial score (nSPS) is 14.7. The summed E-state index contributed by atoms with van der Waals surface area (Å²) in [5.74, 6) is 1.69. The molecule has 0 unspecified atom stereocenters. The van der Waals surface area contributed by atoms with Crippen molar-refractivity contribution in [1.29, 1.82) is 5.26 Å². The molecule has 0 spiro atoms. The number of carbonyl (C=O) groups excluding carboxylic acids is 1. The smallest absolute Gasteiger partial charge is 0.266 e. The first-order chi connectivity index (χ1) is 14.1. The molecule has 0 aromatic carbocycles. The number of rotatable bonds is 5. The molecule has 1 amide bonds. The highest BCUT2D eigenvalue weighted by Gasteiger charge is 2.29. The van der Waals surface area contributed by atoms with Crippen LogP contribution < -0.4 is 10.2 Å². The highest BCUT2D eigenvalue weighted by Crippen LogP contribution is 2.31. The van der Waals surface area contributed by atoms with Crippen molar-refractivity contribution in [1.82, 2.24) is 25.1 Å². The molecule has 2 N–H and O–H groups in total. The number of nitrogens with zero attached hydrogens (tertiary/aromatic N) is 5. The summed E-state index contributed by atoms with van der Waals surface area (Å²) in [6.07, 6.45) is 2.81. The zero-order chi connectivity index (χ0) is 20.4. The maximum absolute atomic E-state index is 12.5. The second-order valence-electron chi connectivity index (χ2n) is 6.75. The quantitative estimate of drug-likeness (QED) is 0.609. The first-order valence-corrected chi connectivity index (χ1v) is 9.55. The van der Waals surface area contributed by atoms with Gasteiger partial charge in [-0.15, -0.1) is 0 Å². The average Bonchev–Trinajstić information content (AvgIpc) is 3.48. The fraction of sp³-hybridized carbons (Fsp3) is 0.389. The van der Waals surface area contributed by atoms with Crippen molar-refractivity contribution in [3.8, 4) is 17.7 Å². The number of aromatic amines is 1. The van der Waals surface area contributed by atoms with E-state index in [0.29, 0.717) is 54.7 Å². The number of furan rings is 1. The standard InChI is InChI=1S/C18H19N7O3S/c1-24-14(22-23-18(24)29)10-20-15(26)11-4-6-25(7-5-11)17-12(9-19)21-16(28-17)13-3-2-8-27-13/h2-3,8,11H,4-7,10H2,1H3,(H,20,26)(H,23,29). The summed E-state index contributed by atoms with van der Waals surface area (Å²) in [5.41, 5.74) is 0.213. The van der Waals surface area contributed by atoms with Gasteiger partial charge >= 0.3 is 0 Å². The molecule has 4 rings (SSSR count). The molecule has 3 aromatic heterocycles. The number of hydrogen-bond acceptors (Lipinski definition) is 8. The second-order valence-corrected chi connectivity index (χ2v) is 7.13. The molecule has 11 heteroatoms. The Hall–Kier alpha value is -3.39. The van der Waals surface area contributed by atoms with E-state index in [1.165, 1.54) is 6.26 Å². The van der Waals surface area contributed by atoms with Crippen LogP contribution in [0.15, 0.2) is 27.2 Å². The molecule has 4 heterocycles. The van der Waals surface area contributed by atoms with Gasteiger partial charge in [0.1, 0.15) is 6.07 Å². The fourth-order valence-corrected chi connectivity index (χ4v) is 3.45. The van der Waals surface area contributed by atoms with E-state index in [4.69, 9.17) is 21.1 Å². The maximum atomic E-state index is 12.5. The Kier molecular flexibility index (Phi) is 5.18. The van der Waals surface area contributed by atoms with Gasteiger partial charge in [-0.1, -0.05) is 0 Å². The minimum Gasteiger partial charge on any atom is -0.459 e. The molecule has 1 aliphatic heterocycles. The average molecular weight is 413 g/mol. The number of nitriles is 1. The lowest BCUT2D eigenvalue weighted by atomic mass is 9.96. The SMILES string of the molecule is Cn1c(CNC(=O)C2CCN(c3oc(-c4ccco4)nc3C#N)CC2)n[nH]c1=S. The van der Waals surface area contributed by atoms with Crippen LogP contribution in [-0.4, -0.2) is 38.7 Å². The topological polar surface area (TPSA) is 129 Å². The van der Waals surface area contributed by atoms with Gasteiger partial charge in [0.25, 0.3) is 5.89 Å². The van der Waals surface area contributed by atoms with Crippen LogP contribution in [0, 0.1) is 22.0 Å². The highest BCUT2D eigenvalue weighted by atomic mass is 32.1. The number of amides is 1. The molecule has 1 saturated heterocycles. The Labute approximate surface area is 171 Å². The number of anilines is 1. The number of nitrogens with one attached hydrogen (secondary N) is 2. The van der Waals surface area contributed by atoms with Crippen LogP contribution in [0.25, 0.3) is 11.7 Å². The molecule has 1 aliphatic rings. The Morgan fingerprint density at radius 3 is 2.90 bits per heavy atom. The van der Waals surface area contributed by atoms with E-state index in [0.717, 1.165) is 0 Å². The van der Waals surface area contributed by atoms with Crippen molar-refractivity contribution in [2.45, 2.75) is 19.4 Å². The minimum absolute atomic E-state index is 0.0204. The number of carbonyl (C=O) groups is 1. The van der Waals surface area contributed by atoms with Crippen LogP contribution >= 0.6 is 12.2 Å². The summed E-state index contributed by atoms with van der Waals surface area (Å²) in [4.78, 5) is 18.7. The van der Waals surface area contributed by atoms with Crippen molar-refractivity contribution in [2.24, 2.45) is 13.0 Å². The van der Waals surface area contributed by atoms with E-state index in [2.05, 4.69) is 26.6 Å². The summed E-state index contributed by atoms with van der Waals surface area (Å²) in [6, 6.07) is 5.52. The second kappa shape index (κ2) is 7.92. The summed E-state index contributed by atoms with van der Waals surface area (Å²) < 4.78 is 13.3. The van der Waals surface area contributed by atoms with Gasteiger partial charge in [0.2, 0.25) is 17.5 Å². The van der Waals surface area contributed by atoms with E-state index in [-0.39, 0.29) is 23.4 Å². The number of piperidine rings is 1. The zero-order valence-electron chi connectivity index (χ0n) is 15.7. The van der Waals surface area contributed by atoms with Crippen molar-refractivity contribution >= 4 is 24.0 Å². The molecule has 3 aromatic rings. The monoisotopic (exact) mass is 413 g/mol. The third-order valence-corrected chi connectivity index (χ3v) is 5.36. The van der Waals surface area contributed by atoms with Gasteiger partial charge in [-0.2, -0.15) is 15.3 Å². The Morgan fingerprint density at radius 1 is 1.48 bits per heavy atom. The van der Waals surface area contributed by atoms with Crippen LogP contribution in [0.3, 0.4) is 0 Å². The molecule has 1 fully saturated rings. The van der Waals surface area contributed by atoms with E-state index in [9.17, 15) is 10.1 Å². The van der Waals surface area contributed by atoms with Crippen molar-refractivity contribution in [2.75, 3.05) is 18.0 Å². The first-order valence-electron chi connectivity index (χ1n) is 9.14. The molecule has 150 valence electrons. The molecular formula is C18H19N7O3S. The molecule has 0 atom stereocenters. The maximum Gasteiger partial charge on any atom is 0.266 e. The van der Waals surface area contributed by atoms with Gasteiger partial charge in [-0.3, -0.25) is 9.89 Å². The Bertz CT molecular complexity index is 1100. The van der Waals surface area contributed by atoms with Gasteiger partial charge in [0.15, 0.2) is 16.4 Å². The van der Waals surface area contributed by atoms with Crippen molar-refractivity contribution in [3.63, 3.8) is 0 Å². The molecule has 29 heavy (non-hydrogen) atoms. The molecule has 0 radical (unpaired) electrons. The van der Waals surface area contributed by atoms with Crippen LogP contribution in [0.1, 0.15) is 24.4 Å². The molecular weight excluding hydrogens is 394 g/mol. The van der Waals surface area contributed by atoms with Crippen molar-refractivity contribution < 1.29 is 13.6 Å². The highest BCUT2D eigenvalue weighted by molar-refractivity contribution is 7.71. The molecule has 0 bridgehead atoms. The fourth-order valence-electron chi connectivity index (χ4n) is 3.30. The van der Waals surface area contributed by atoms with Crippen LogP contribution in [0.5, 0.6) is 0 Å². The third-order valence-electron chi connectivity index (χ3n) is 4.99. The van der Waals surface area contributed by atoms with E-state index < -0.39 is 0 Å². The lowest BCUT2D eigenvalue weighted by Gasteiger charge is -2.30. The summed E-state index contributed by atoms with van der Waals surface area (Å²) in [5, 5.41) is 19.1. The lowest BCUT2D eigenvalue weighted by Crippen LogP contribution is -2.40. The van der Waals surface area contributed by atoms with E-state index in [1.807, 2.05) is 4.90 Å². The predicted octanol–water partition coefficient (Wildman–Crippen LogP) is 2.13. The molecule has 10 nitrogen and oxygen atoms in total. The Balaban J connectivity index is 1.37. The summed E-state index contributed by atoms with van der Waals surface area (Å²) in [7, 11) is 1.80. The number of H-pyrrole nitrogens is 1. The number of hydrogen-bond donors (Lipinski definition) is 2. The number of aromatic nitrogens is 4. The third kappa shape index (κ3) is 3.79. The van der Waals surface area contributed by atoms with Gasteiger partial charge in [-0.25, -0.2) is 0 Å². The zero-order valence-corrected chi connectivity index (χ0v) is 16.5. The Morgan fingerprint density at radius 2 is 2.28 bits per heavy atom. The van der Waals surface area contributed by atoms with Gasteiger partial charge in [-0.05, 0) is 37.2 Å². The lowest BCUT2D eigenvalue weighted by molar-refractivity contribution is -0.125. The summed E-state index contributed by atoms with van der Waals surface area (Å²) in [6.45, 7) is 1.49. The van der Waals surface area contributed by atoms with E-state index in [1.54, 1.807) is 23.7 Å². The molecule has 0 aliphatic carbocycles. The van der Waals surface area contributed by atoms with Gasteiger partial charge in [0, 0.05) is 26.1 Å². The number of oxazole rings is 1. The largest absolute Gasteiger partial charge is 0.459 e. The van der Waals surface area contributed by atoms with Gasteiger partial charge < -0.3 is 23.6 Å². The van der Waals surface area contributed by atoms with Crippen LogP contribution in [0.4, 0.5) is 5.88 Å². The van der Waals surface area contributed by atoms with Crippen molar-refractivity contribution in [3.05, 3.63) is 34.7 Å². The van der Waals surface area contributed by atoms with Crippen LogP contribution in [0.2, 0.25) is 0 Å². The minimum atomic E-state index is -0.114. The van der Waals surface area contributed by atoms with E-state index >= 15 is 0 Å². The first kappa shape index (κ1) is 18.9. The van der Waals surface area contributed by atoms with Gasteiger partial charge in [0.05, 0.1) is 12.8 Å². The van der Waals surface area contributed by atoms with Crippen LogP contribution in [-0.2, 0) is 18.4 Å².